The lowest BCUT2D eigenvalue weighted by molar-refractivity contribution is -0.231. The third-order valence-electron chi connectivity index (χ3n) is 4.56. The molecule has 7 nitrogen and oxygen atoms in total. The Balaban J connectivity index is 1.58. The maximum Gasteiger partial charge on any atom is 0.279 e. The predicted molar refractivity (Wildman–Crippen MR) is 98.9 cm³/mol. The van der Waals surface area contributed by atoms with Crippen LogP contribution in [0.2, 0.25) is 0 Å². The van der Waals surface area contributed by atoms with E-state index in [1.165, 1.54) is 11.3 Å². The van der Waals surface area contributed by atoms with Crippen molar-refractivity contribution >= 4 is 21.6 Å². The second-order valence-electron chi connectivity index (χ2n) is 6.37. The highest BCUT2D eigenvalue weighted by Crippen LogP contribution is 2.36. The molecular weight excluding hydrogens is 370 g/mol. The van der Waals surface area contributed by atoms with E-state index in [2.05, 4.69) is 4.98 Å². The van der Waals surface area contributed by atoms with Gasteiger partial charge in [-0.2, -0.15) is 0 Å². The molecule has 1 aliphatic rings. The molecule has 0 saturated carbocycles. The number of hydrogen-bond donors (Lipinski definition) is 4. The Hall–Kier alpha value is -2.07. The fraction of sp³-hybridized carbons (Fsp3) is 0.316. The molecule has 0 unspecified atom stereocenters. The Morgan fingerprint density at radius 1 is 1.00 bits per heavy atom. The first-order chi connectivity index (χ1) is 13.1. The van der Waals surface area contributed by atoms with Crippen LogP contribution in [0.15, 0.2) is 48.5 Å². The van der Waals surface area contributed by atoms with E-state index >= 15 is 0 Å². The number of para-hydroxylation sites is 1. The Morgan fingerprint density at radius 3 is 2.59 bits per heavy atom. The number of benzene rings is 2. The Labute approximate surface area is 159 Å². The van der Waals surface area contributed by atoms with Crippen LogP contribution >= 0.6 is 11.3 Å². The second-order valence-corrected chi connectivity index (χ2v) is 7.36. The first-order valence-electron chi connectivity index (χ1n) is 8.50. The fourth-order valence-corrected chi connectivity index (χ4v) is 3.96. The van der Waals surface area contributed by atoms with Gasteiger partial charge in [0.05, 0.1) is 16.8 Å². The van der Waals surface area contributed by atoms with Gasteiger partial charge in [0.15, 0.2) is 0 Å². The molecule has 0 radical (unpaired) electrons. The topological polar surface area (TPSA) is 112 Å². The van der Waals surface area contributed by atoms with E-state index in [1.807, 2.05) is 24.3 Å². The average molecular weight is 389 g/mol. The van der Waals surface area contributed by atoms with Gasteiger partial charge in [-0.15, -0.1) is 0 Å². The third kappa shape index (κ3) is 3.55. The molecule has 4 rings (SSSR count). The van der Waals surface area contributed by atoms with E-state index in [4.69, 9.17) is 9.47 Å². The van der Waals surface area contributed by atoms with Crippen molar-refractivity contribution in [3.63, 3.8) is 0 Å². The number of thiazole rings is 1. The lowest BCUT2D eigenvalue weighted by Gasteiger charge is -2.40. The molecule has 3 aromatic rings. The van der Waals surface area contributed by atoms with Crippen molar-refractivity contribution in [1.29, 1.82) is 0 Å². The molecule has 0 aliphatic carbocycles. The standard InChI is InChI=1S/C19H19NO6S/c21-9-13-15(22)16(23)17(24)18(26-13)10-4-3-5-11(8-10)25-19-20-12-6-1-2-7-14(12)27-19/h1-8,13,15-18,21-24H,9H2/t13-,15-,16+,17+,18-/m1/s1. The minimum absolute atomic E-state index is 0.469. The Bertz CT molecular complexity index is 896. The summed E-state index contributed by atoms with van der Waals surface area (Å²) in [6.07, 6.45) is -6.00. The molecule has 5 atom stereocenters. The minimum atomic E-state index is -1.42. The number of hydrogen-bond acceptors (Lipinski definition) is 8. The van der Waals surface area contributed by atoms with E-state index < -0.39 is 37.1 Å². The van der Waals surface area contributed by atoms with Gasteiger partial charge in [-0.25, -0.2) is 4.98 Å². The fourth-order valence-electron chi connectivity index (χ4n) is 3.13. The van der Waals surface area contributed by atoms with Crippen LogP contribution < -0.4 is 4.74 Å². The number of rotatable bonds is 4. The van der Waals surface area contributed by atoms with Crippen LogP contribution in [0.25, 0.3) is 10.2 Å². The summed E-state index contributed by atoms with van der Waals surface area (Å²) in [7, 11) is 0. The average Bonchev–Trinajstić information content (AvgIpc) is 3.09. The van der Waals surface area contributed by atoms with Gasteiger partial charge >= 0.3 is 0 Å². The van der Waals surface area contributed by atoms with Gasteiger partial charge in [0.25, 0.3) is 5.19 Å². The van der Waals surface area contributed by atoms with Gasteiger partial charge in [0, 0.05) is 0 Å². The van der Waals surface area contributed by atoms with Crippen LogP contribution in [0.3, 0.4) is 0 Å². The van der Waals surface area contributed by atoms with Gasteiger partial charge in [-0.1, -0.05) is 35.6 Å². The van der Waals surface area contributed by atoms with Crippen LogP contribution in [0, 0.1) is 0 Å². The van der Waals surface area contributed by atoms with Gasteiger partial charge in [-0.05, 0) is 29.8 Å². The number of ether oxygens (including phenoxy) is 2. The molecule has 27 heavy (non-hydrogen) atoms. The molecule has 1 fully saturated rings. The van der Waals surface area contributed by atoms with Crippen LogP contribution in [0.1, 0.15) is 11.7 Å². The molecule has 1 saturated heterocycles. The highest BCUT2D eigenvalue weighted by Gasteiger charge is 2.43. The molecule has 0 amide bonds. The summed E-state index contributed by atoms with van der Waals surface area (Å²) in [5.41, 5.74) is 1.41. The monoisotopic (exact) mass is 389 g/mol. The van der Waals surface area contributed by atoms with Crippen molar-refractivity contribution in [3.8, 4) is 10.9 Å². The summed E-state index contributed by atoms with van der Waals surface area (Å²) in [5, 5.41) is 40.0. The maximum atomic E-state index is 10.3. The van der Waals surface area contributed by atoms with Gasteiger partial charge in [0.2, 0.25) is 0 Å². The summed E-state index contributed by atoms with van der Waals surface area (Å²) in [4.78, 5) is 4.42. The zero-order chi connectivity index (χ0) is 19.0. The zero-order valence-electron chi connectivity index (χ0n) is 14.2. The van der Waals surface area contributed by atoms with E-state index in [0.717, 1.165) is 10.2 Å². The lowest BCUT2D eigenvalue weighted by Crippen LogP contribution is -2.55. The molecule has 2 heterocycles. The molecule has 0 bridgehead atoms. The smallest absolute Gasteiger partial charge is 0.279 e. The minimum Gasteiger partial charge on any atom is -0.431 e. The highest BCUT2D eigenvalue weighted by molar-refractivity contribution is 7.20. The van der Waals surface area contributed by atoms with Crippen molar-refractivity contribution in [2.45, 2.75) is 30.5 Å². The molecular formula is C19H19NO6S. The van der Waals surface area contributed by atoms with Crippen molar-refractivity contribution < 1.29 is 29.9 Å². The third-order valence-corrected chi connectivity index (χ3v) is 5.47. The Kier molecular flexibility index (Phi) is 5.09. The quantitative estimate of drug-likeness (QED) is 0.536. The number of fused-ring (bicyclic) bond motifs is 1. The van der Waals surface area contributed by atoms with Crippen LogP contribution in [-0.4, -0.2) is 56.4 Å². The van der Waals surface area contributed by atoms with Gasteiger partial charge in [0.1, 0.15) is 36.3 Å². The number of aromatic nitrogens is 1. The molecule has 8 heteroatoms. The van der Waals surface area contributed by atoms with Crippen LogP contribution in [0.5, 0.6) is 10.9 Å². The first-order valence-corrected chi connectivity index (χ1v) is 9.32. The van der Waals surface area contributed by atoms with E-state index in [9.17, 15) is 20.4 Å². The maximum absolute atomic E-state index is 10.3. The van der Waals surface area contributed by atoms with Gasteiger partial charge in [-0.3, -0.25) is 0 Å². The van der Waals surface area contributed by atoms with E-state index in [-0.39, 0.29) is 0 Å². The van der Waals surface area contributed by atoms with Crippen LogP contribution in [-0.2, 0) is 4.74 Å². The summed E-state index contributed by atoms with van der Waals surface area (Å²) in [6.45, 7) is -0.469. The number of aliphatic hydroxyl groups excluding tert-OH is 4. The molecule has 0 spiro atoms. The predicted octanol–water partition coefficient (Wildman–Crippen LogP) is 1.60. The largest absolute Gasteiger partial charge is 0.431 e. The summed E-state index contributed by atoms with van der Waals surface area (Å²) >= 11 is 1.42. The van der Waals surface area contributed by atoms with E-state index in [1.54, 1.807) is 24.3 Å². The number of nitrogens with zero attached hydrogens (tertiary/aromatic N) is 1. The molecule has 1 aromatic heterocycles. The first kappa shape index (κ1) is 18.3. The van der Waals surface area contributed by atoms with Crippen LogP contribution in [0.4, 0.5) is 0 Å². The number of aliphatic hydroxyl groups is 4. The van der Waals surface area contributed by atoms with Crippen molar-refractivity contribution in [2.75, 3.05) is 6.61 Å². The molecule has 1 aliphatic heterocycles. The van der Waals surface area contributed by atoms with Gasteiger partial charge < -0.3 is 29.9 Å². The molecule has 142 valence electrons. The molecule has 2 aromatic carbocycles. The SMILES string of the molecule is OC[C@H]1O[C@H](c2cccc(Oc3nc4ccccc4s3)c2)[C@@H](O)[C@@H](O)[C@@H]1O. The normalized spacial score (nSPS) is 28.4. The van der Waals surface area contributed by atoms with E-state index in [0.29, 0.717) is 16.5 Å². The van der Waals surface area contributed by atoms with Crippen molar-refractivity contribution in [3.05, 3.63) is 54.1 Å². The zero-order valence-corrected chi connectivity index (χ0v) is 15.0. The Morgan fingerprint density at radius 2 is 1.81 bits per heavy atom. The lowest BCUT2D eigenvalue weighted by atomic mass is 9.91. The summed E-state index contributed by atoms with van der Waals surface area (Å²) < 4.78 is 12.4. The molecule has 4 N–H and O–H groups in total. The second kappa shape index (κ2) is 7.51. The highest BCUT2D eigenvalue weighted by atomic mass is 32.1. The van der Waals surface area contributed by atoms with Crippen molar-refractivity contribution in [1.82, 2.24) is 4.98 Å². The summed E-state index contributed by atoms with van der Waals surface area (Å²) in [5.74, 6) is 0.503. The summed E-state index contributed by atoms with van der Waals surface area (Å²) in [6, 6.07) is 14.6. The van der Waals surface area contributed by atoms with Crippen molar-refractivity contribution in [2.24, 2.45) is 0 Å².